The second-order valence-electron chi connectivity index (χ2n) is 8.18. The van der Waals surface area contributed by atoms with Gasteiger partial charge in [-0.3, -0.25) is 9.89 Å². The van der Waals surface area contributed by atoms with Crippen molar-refractivity contribution < 1.29 is 14.6 Å². The van der Waals surface area contributed by atoms with Crippen molar-refractivity contribution in [3.8, 4) is 17.2 Å². The minimum Gasteiger partial charge on any atom is -0.502 e. The average molecular weight is 409 g/mol. The first-order valence-corrected chi connectivity index (χ1v) is 10.5. The maximum absolute atomic E-state index is 10.2. The Morgan fingerprint density at radius 2 is 1.77 bits per heavy atom. The van der Waals surface area contributed by atoms with E-state index >= 15 is 0 Å². The second-order valence-corrected chi connectivity index (χ2v) is 8.18. The number of likely N-dealkylation sites (tertiary alicyclic amines) is 1. The van der Waals surface area contributed by atoms with Crippen LogP contribution in [-0.4, -0.2) is 66.8 Å². The van der Waals surface area contributed by atoms with Crippen molar-refractivity contribution in [2.24, 2.45) is 4.99 Å². The van der Waals surface area contributed by atoms with Gasteiger partial charge in [-0.25, -0.2) is 0 Å². The van der Waals surface area contributed by atoms with Gasteiger partial charge in [0, 0.05) is 50.3 Å². The van der Waals surface area contributed by atoms with E-state index in [1.807, 2.05) is 12.1 Å². The zero-order valence-corrected chi connectivity index (χ0v) is 17.5. The molecule has 2 N–H and O–H groups in total. The standard InChI is InChI=1S/C23H28N4O3/c1-29-19-13-16(14-20(30-2)21(19)28)15-26-10-7-23(8-11-26)25-18-6-4-3-5-17(18)22-24-9-12-27(22)23/h3-6,13-14,25,28H,7-12,15H2,1-2H3. The molecular formula is C23H28N4O3. The molecule has 30 heavy (non-hydrogen) atoms. The summed E-state index contributed by atoms with van der Waals surface area (Å²) < 4.78 is 10.6. The molecule has 3 heterocycles. The molecule has 7 heteroatoms. The van der Waals surface area contributed by atoms with Crippen LogP contribution in [0.4, 0.5) is 5.69 Å². The fourth-order valence-electron chi connectivity index (χ4n) is 4.97. The highest BCUT2D eigenvalue weighted by atomic mass is 16.5. The third-order valence-corrected chi connectivity index (χ3v) is 6.52. The number of para-hydroxylation sites is 1. The zero-order chi connectivity index (χ0) is 20.7. The summed E-state index contributed by atoms with van der Waals surface area (Å²) in [5, 5.41) is 14.0. The minimum atomic E-state index is -0.0650. The summed E-state index contributed by atoms with van der Waals surface area (Å²) in [6, 6.07) is 12.3. The number of nitrogens with zero attached hydrogens (tertiary/aromatic N) is 3. The lowest BCUT2D eigenvalue weighted by Gasteiger charge is -2.52. The number of rotatable bonds is 4. The molecule has 1 saturated heterocycles. The fourth-order valence-corrected chi connectivity index (χ4v) is 4.97. The van der Waals surface area contributed by atoms with E-state index in [4.69, 9.17) is 14.5 Å². The summed E-state index contributed by atoms with van der Waals surface area (Å²) in [5.74, 6) is 2.08. The first-order valence-electron chi connectivity index (χ1n) is 10.5. The number of amidine groups is 1. The van der Waals surface area contributed by atoms with E-state index in [1.54, 1.807) is 14.2 Å². The average Bonchev–Trinajstić information content (AvgIpc) is 3.28. The first kappa shape index (κ1) is 19.1. The number of hydrogen-bond acceptors (Lipinski definition) is 7. The monoisotopic (exact) mass is 408 g/mol. The molecule has 0 aromatic heterocycles. The molecule has 1 spiro atoms. The molecule has 0 bridgehead atoms. The molecule has 3 aliphatic heterocycles. The van der Waals surface area contributed by atoms with Gasteiger partial charge in [0.1, 0.15) is 11.5 Å². The summed E-state index contributed by atoms with van der Waals surface area (Å²) in [6.45, 7) is 4.59. The van der Waals surface area contributed by atoms with E-state index < -0.39 is 0 Å². The number of aromatic hydroxyl groups is 1. The van der Waals surface area contributed by atoms with Crippen LogP contribution >= 0.6 is 0 Å². The van der Waals surface area contributed by atoms with E-state index in [0.29, 0.717) is 11.5 Å². The number of anilines is 1. The van der Waals surface area contributed by atoms with Gasteiger partial charge in [0.2, 0.25) is 5.75 Å². The van der Waals surface area contributed by atoms with Crippen LogP contribution in [0.3, 0.4) is 0 Å². The number of phenolic OH excluding ortho intramolecular Hbond substituents is 1. The smallest absolute Gasteiger partial charge is 0.200 e. The van der Waals surface area contributed by atoms with E-state index in [0.717, 1.165) is 57.0 Å². The molecule has 0 aliphatic carbocycles. The number of hydrogen-bond donors (Lipinski definition) is 2. The van der Waals surface area contributed by atoms with Crippen LogP contribution in [0.1, 0.15) is 24.0 Å². The molecule has 7 nitrogen and oxygen atoms in total. The van der Waals surface area contributed by atoms with Gasteiger partial charge in [-0.1, -0.05) is 12.1 Å². The number of benzene rings is 2. The van der Waals surface area contributed by atoms with E-state index in [-0.39, 0.29) is 11.4 Å². The quantitative estimate of drug-likeness (QED) is 0.811. The maximum atomic E-state index is 10.2. The molecule has 2 aromatic rings. The van der Waals surface area contributed by atoms with Crippen molar-refractivity contribution in [2.75, 3.05) is 45.7 Å². The molecule has 5 rings (SSSR count). The molecule has 0 saturated carbocycles. The topological polar surface area (TPSA) is 69.6 Å². The molecule has 2 aromatic carbocycles. The molecule has 158 valence electrons. The number of methoxy groups -OCH3 is 2. The molecular weight excluding hydrogens is 380 g/mol. The number of fused-ring (bicyclic) bond motifs is 4. The lowest BCUT2D eigenvalue weighted by molar-refractivity contribution is 0.0895. The first-order chi connectivity index (χ1) is 14.6. The number of ether oxygens (including phenoxy) is 2. The van der Waals surface area contributed by atoms with Crippen LogP contribution in [0.5, 0.6) is 17.2 Å². The highest BCUT2D eigenvalue weighted by Gasteiger charge is 2.46. The van der Waals surface area contributed by atoms with Gasteiger partial charge in [-0.15, -0.1) is 0 Å². The van der Waals surface area contributed by atoms with Crippen molar-refractivity contribution >= 4 is 11.5 Å². The Kier molecular flexibility index (Phi) is 4.70. The van der Waals surface area contributed by atoms with Crippen LogP contribution in [0.25, 0.3) is 0 Å². The summed E-state index contributed by atoms with van der Waals surface area (Å²) in [4.78, 5) is 9.75. The predicted molar refractivity (Wildman–Crippen MR) is 117 cm³/mol. The molecule has 0 unspecified atom stereocenters. The van der Waals surface area contributed by atoms with Gasteiger partial charge >= 0.3 is 0 Å². The summed E-state index contributed by atoms with van der Waals surface area (Å²) in [6.07, 6.45) is 2.04. The molecule has 0 amide bonds. The Morgan fingerprint density at radius 1 is 1.07 bits per heavy atom. The Bertz CT molecular complexity index is 957. The fraction of sp³-hybridized carbons (Fsp3) is 0.435. The van der Waals surface area contributed by atoms with Gasteiger partial charge in [0.15, 0.2) is 11.5 Å². The highest BCUT2D eigenvalue weighted by Crippen LogP contribution is 2.41. The largest absolute Gasteiger partial charge is 0.502 e. The normalized spacial score (nSPS) is 19.7. The Hall–Kier alpha value is -2.93. The zero-order valence-electron chi connectivity index (χ0n) is 17.5. The van der Waals surface area contributed by atoms with Crippen LogP contribution in [0, 0.1) is 0 Å². The lowest BCUT2D eigenvalue weighted by Crippen LogP contribution is -2.63. The van der Waals surface area contributed by atoms with Crippen molar-refractivity contribution in [1.82, 2.24) is 9.80 Å². The Balaban J connectivity index is 1.33. The van der Waals surface area contributed by atoms with Crippen molar-refractivity contribution in [2.45, 2.75) is 25.0 Å². The van der Waals surface area contributed by atoms with Crippen molar-refractivity contribution in [3.63, 3.8) is 0 Å². The Labute approximate surface area is 176 Å². The molecule has 0 atom stereocenters. The summed E-state index contributed by atoms with van der Waals surface area (Å²) in [7, 11) is 3.12. The van der Waals surface area contributed by atoms with E-state index in [2.05, 4.69) is 39.4 Å². The van der Waals surface area contributed by atoms with Crippen LogP contribution < -0.4 is 14.8 Å². The minimum absolute atomic E-state index is 0.0484. The van der Waals surface area contributed by atoms with Gasteiger partial charge in [-0.05, 0) is 29.8 Å². The van der Waals surface area contributed by atoms with E-state index in [1.165, 1.54) is 11.3 Å². The second kappa shape index (κ2) is 7.40. The summed E-state index contributed by atoms with van der Waals surface area (Å²) in [5.41, 5.74) is 3.41. The van der Waals surface area contributed by atoms with Gasteiger partial charge in [0.05, 0.1) is 20.8 Å². The number of aliphatic imine (C=N–C) groups is 1. The number of nitrogens with one attached hydrogen (secondary N) is 1. The third kappa shape index (κ3) is 3.04. The summed E-state index contributed by atoms with van der Waals surface area (Å²) >= 11 is 0. The highest BCUT2D eigenvalue weighted by molar-refractivity contribution is 6.06. The van der Waals surface area contributed by atoms with Crippen LogP contribution in [0.2, 0.25) is 0 Å². The number of piperidine rings is 1. The van der Waals surface area contributed by atoms with Gasteiger partial charge < -0.3 is 24.8 Å². The van der Waals surface area contributed by atoms with Crippen LogP contribution in [0.15, 0.2) is 41.4 Å². The van der Waals surface area contributed by atoms with Crippen molar-refractivity contribution in [3.05, 3.63) is 47.5 Å². The van der Waals surface area contributed by atoms with E-state index in [9.17, 15) is 5.11 Å². The van der Waals surface area contributed by atoms with Gasteiger partial charge in [-0.2, -0.15) is 0 Å². The van der Waals surface area contributed by atoms with Gasteiger partial charge in [0.25, 0.3) is 0 Å². The molecule has 1 fully saturated rings. The van der Waals surface area contributed by atoms with Crippen LogP contribution in [-0.2, 0) is 6.54 Å². The SMILES string of the molecule is COc1cc(CN2CCC3(CC2)Nc2ccccc2C2=NCCN23)cc(OC)c1O. The Morgan fingerprint density at radius 3 is 2.47 bits per heavy atom. The third-order valence-electron chi connectivity index (χ3n) is 6.52. The van der Waals surface area contributed by atoms with Crippen molar-refractivity contribution in [1.29, 1.82) is 0 Å². The maximum Gasteiger partial charge on any atom is 0.200 e. The predicted octanol–water partition coefficient (Wildman–Crippen LogP) is 2.89. The molecule has 3 aliphatic rings. The lowest BCUT2D eigenvalue weighted by atomic mass is 9.90. The molecule has 0 radical (unpaired) electrons. The number of phenols is 1.